The third-order valence-corrected chi connectivity index (χ3v) is 5.58. The molecular weight excluding hydrogens is 310 g/mol. The Morgan fingerprint density at radius 1 is 1.39 bits per heavy atom. The predicted octanol–water partition coefficient (Wildman–Crippen LogP) is 2.31. The van der Waals surface area contributed by atoms with Crippen molar-refractivity contribution in [3.05, 3.63) is 16.1 Å². The van der Waals surface area contributed by atoms with Crippen molar-refractivity contribution in [3.63, 3.8) is 0 Å². The molecule has 0 unspecified atom stereocenters. The maximum Gasteiger partial charge on any atom is 0.251 e. The summed E-state index contributed by atoms with van der Waals surface area (Å²) in [6.45, 7) is 7.34. The van der Waals surface area contributed by atoms with Crippen molar-refractivity contribution in [3.8, 4) is 0 Å². The van der Waals surface area contributed by atoms with E-state index in [1.807, 2.05) is 4.90 Å². The number of carbonyl (C=O) groups excluding carboxylic acids is 1. The number of amides is 1. The van der Waals surface area contributed by atoms with Crippen LogP contribution in [0.5, 0.6) is 0 Å². The zero-order chi connectivity index (χ0) is 16.1. The molecule has 1 aromatic heterocycles. The van der Waals surface area contributed by atoms with E-state index < -0.39 is 0 Å². The third kappa shape index (κ3) is 4.52. The van der Waals surface area contributed by atoms with Crippen LogP contribution in [0.25, 0.3) is 0 Å². The lowest BCUT2D eigenvalue weighted by Crippen LogP contribution is -2.51. The number of hydrogen-bond donors (Lipinski definition) is 0. The molecule has 1 amide bonds. The topological polar surface area (TPSA) is 45.7 Å². The summed E-state index contributed by atoms with van der Waals surface area (Å²) in [5, 5.41) is 3.45. The van der Waals surface area contributed by atoms with Crippen LogP contribution < -0.4 is 0 Å². The summed E-state index contributed by atoms with van der Waals surface area (Å²) in [7, 11) is 0. The Balaban J connectivity index is 1.43. The largest absolute Gasteiger partial charge is 0.368 e. The number of hydrogen-bond acceptors (Lipinski definition) is 5. The summed E-state index contributed by atoms with van der Waals surface area (Å²) in [6.07, 6.45) is 5.26. The van der Waals surface area contributed by atoms with E-state index in [-0.39, 0.29) is 12.0 Å². The number of carbonyl (C=O) groups is 1. The molecule has 2 aliphatic rings. The van der Waals surface area contributed by atoms with Crippen LogP contribution in [0.2, 0.25) is 0 Å². The Bertz CT molecular complexity index is 506. The van der Waals surface area contributed by atoms with Gasteiger partial charge in [-0.1, -0.05) is 13.3 Å². The van der Waals surface area contributed by atoms with Gasteiger partial charge in [0.15, 0.2) is 0 Å². The number of thiazole rings is 1. The van der Waals surface area contributed by atoms with Gasteiger partial charge in [-0.15, -0.1) is 11.3 Å². The highest BCUT2D eigenvalue weighted by atomic mass is 32.1. The number of nitrogens with zero attached hydrogens (tertiary/aromatic N) is 3. The second kappa shape index (κ2) is 8.22. The first kappa shape index (κ1) is 16.9. The van der Waals surface area contributed by atoms with E-state index >= 15 is 0 Å². The lowest BCUT2D eigenvalue weighted by molar-refractivity contribution is -0.142. The summed E-state index contributed by atoms with van der Waals surface area (Å²) in [4.78, 5) is 21.4. The molecule has 6 heteroatoms. The monoisotopic (exact) mass is 337 g/mol. The molecule has 2 saturated heterocycles. The van der Waals surface area contributed by atoms with Crippen LogP contribution in [0.1, 0.15) is 43.3 Å². The van der Waals surface area contributed by atoms with Gasteiger partial charge in [0.25, 0.3) is 5.91 Å². The molecule has 1 atom stereocenters. The van der Waals surface area contributed by atoms with Crippen LogP contribution in [0.15, 0.2) is 5.38 Å². The standard InChI is InChI=1S/C17H27N3O2S/c1-2-3-6-16-18-14(13-23-16)12-19-7-9-20(10-8-19)17(21)15-5-4-11-22-15/h13,15H,2-12H2,1H3/t15-/m1/s1. The van der Waals surface area contributed by atoms with Gasteiger partial charge in [0.1, 0.15) is 6.10 Å². The minimum Gasteiger partial charge on any atom is -0.368 e. The number of unbranched alkanes of at least 4 members (excludes halogenated alkanes) is 1. The van der Waals surface area contributed by atoms with Gasteiger partial charge in [0.2, 0.25) is 0 Å². The van der Waals surface area contributed by atoms with E-state index in [1.165, 1.54) is 23.5 Å². The highest BCUT2D eigenvalue weighted by Crippen LogP contribution is 2.18. The minimum absolute atomic E-state index is 0.179. The second-order valence-electron chi connectivity index (χ2n) is 6.44. The van der Waals surface area contributed by atoms with Gasteiger partial charge in [-0.25, -0.2) is 4.98 Å². The first-order valence-corrected chi connectivity index (χ1v) is 9.70. The molecule has 2 aliphatic heterocycles. The summed E-state index contributed by atoms with van der Waals surface area (Å²) >= 11 is 1.78. The molecule has 0 saturated carbocycles. The van der Waals surface area contributed by atoms with Crippen LogP contribution in [0, 0.1) is 0 Å². The SMILES string of the molecule is CCCCc1nc(CN2CCN(C(=O)[C@H]3CCCO3)CC2)cs1. The number of aryl methyl sites for hydroxylation is 1. The quantitative estimate of drug-likeness (QED) is 0.799. The highest BCUT2D eigenvalue weighted by Gasteiger charge is 2.30. The molecule has 3 heterocycles. The van der Waals surface area contributed by atoms with Crippen molar-refractivity contribution in [1.29, 1.82) is 0 Å². The van der Waals surface area contributed by atoms with Crippen molar-refractivity contribution >= 4 is 17.2 Å². The first-order chi connectivity index (χ1) is 11.3. The van der Waals surface area contributed by atoms with Crippen molar-refractivity contribution in [2.24, 2.45) is 0 Å². The van der Waals surface area contributed by atoms with Gasteiger partial charge < -0.3 is 9.64 Å². The van der Waals surface area contributed by atoms with Crippen LogP contribution in [-0.4, -0.2) is 59.6 Å². The van der Waals surface area contributed by atoms with Gasteiger partial charge in [0.05, 0.1) is 10.7 Å². The van der Waals surface area contributed by atoms with E-state index in [1.54, 1.807) is 11.3 Å². The van der Waals surface area contributed by atoms with E-state index in [4.69, 9.17) is 9.72 Å². The fraction of sp³-hybridized carbons (Fsp3) is 0.765. The average Bonchev–Trinajstić information content (AvgIpc) is 3.25. The van der Waals surface area contributed by atoms with Gasteiger partial charge in [0, 0.05) is 44.7 Å². The van der Waals surface area contributed by atoms with E-state index in [9.17, 15) is 4.79 Å². The molecule has 23 heavy (non-hydrogen) atoms. The van der Waals surface area contributed by atoms with Crippen molar-refractivity contribution in [2.45, 2.75) is 51.7 Å². The maximum atomic E-state index is 12.3. The zero-order valence-electron chi connectivity index (χ0n) is 14.0. The summed E-state index contributed by atoms with van der Waals surface area (Å²) < 4.78 is 5.51. The Kier molecular flexibility index (Phi) is 6.02. The first-order valence-electron chi connectivity index (χ1n) is 8.82. The van der Waals surface area contributed by atoms with E-state index in [0.29, 0.717) is 0 Å². The maximum absolute atomic E-state index is 12.3. The molecule has 1 aromatic rings. The Hall–Kier alpha value is -0.980. The fourth-order valence-electron chi connectivity index (χ4n) is 3.20. The van der Waals surface area contributed by atoms with Crippen molar-refractivity contribution in [1.82, 2.24) is 14.8 Å². The normalized spacial score (nSPS) is 22.7. The smallest absolute Gasteiger partial charge is 0.251 e. The number of rotatable bonds is 6. The van der Waals surface area contributed by atoms with Gasteiger partial charge in [-0.2, -0.15) is 0 Å². The minimum atomic E-state index is -0.179. The Morgan fingerprint density at radius 2 is 2.22 bits per heavy atom. The Morgan fingerprint density at radius 3 is 2.91 bits per heavy atom. The fourth-order valence-corrected chi connectivity index (χ4v) is 4.03. The van der Waals surface area contributed by atoms with Crippen LogP contribution in [0.4, 0.5) is 0 Å². The van der Waals surface area contributed by atoms with Crippen molar-refractivity contribution in [2.75, 3.05) is 32.8 Å². The van der Waals surface area contributed by atoms with E-state index in [2.05, 4.69) is 17.2 Å². The zero-order valence-corrected chi connectivity index (χ0v) is 14.8. The number of piperazine rings is 1. The number of aromatic nitrogens is 1. The molecule has 5 nitrogen and oxygen atoms in total. The van der Waals surface area contributed by atoms with Crippen LogP contribution >= 0.6 is 11.3 Å². The molecule has 2 fully saturated rings. The van der Waals surface area contributed by atoms with Gasteiger partial charge in [-0.05, 0) is 25.7 Å². The van der Waals surface area contributed by atoms with Gasteiger partial charge >= 0.3 is 0 Å². The highest BCUT2D eigenvalue weighted by molar-refractivity contribution is 7.09. The van der Waals surface area contributed by atoms with E-state index in [0.717, 1.165) is 58.6 Å². The van der Waals surface area contributed by atoms with Gasteiger partial charge in [-0.3, -0.25) is 9.69 Å². The number of ether oxygens (including phenoxy) is 1. The average molecular weight is 337 g/mol. The summed E-state index contributed by atoms with van der Waals surface area (Å²) in [5.74, 6) is 0.192. The second-order valence-corrected chi connectivity index (χ2v) is 7.38. The van der Waals surface area contributed by atoms with Crippen LogP contribution in [-0.2, 0) is 22.5 Å². The molecule has 128 valence electrons. The van der Waals surface area contributed by atoms with Crippen LogP contribution in [0.3, 0.4) is 0 Å². The molecule has 0 radical (unpaired) electrons. The van der Waals surface area contributed by atoms with Crippen molar-refractivity contribution < 1.29 is 9.53 Å². The summed E-state index contributed by atoms with van der Waals surface area (Å²) in [6, 6.07) is 0. The Labute approximate surface area is 142 Å². The molecule has 0 bridgehead atoms. The molecule has 0 aromatic carbocycles. The molecule has 0 aliphatic carbocycles. The lowest BCUT2D eigenvalue weighted by Gasteiger charge is -2.35. The molecule has 0 spiro atoms. The molecular formula is C17H27N3O2S. The molecule has 3 rings (SSSR count). The summed E-state index contributed by atoms with van der Waals surface area (Å²) in [5.41, 5.74) is 1.18. The third-order valence-electron chi connectivity index (χ3n) is 4.62. The lowest BCUT2D eigenvalue weighted by atomic mass is 10.2. The predicted molar refractivity (Wildman–Crippen MR) is 91.6 cm³/mol. The molecule has 0 N–H and O–H groups in total.